The van der Waals surface area contributed by atoms with Crippen molar-refractivity contribution in [2.45, 2.75) is 13.1 Å². The van der Waals surface area contributed by atoms with Crippen LogP contribution in [-0.4, -0.2) is 22.2 Å². The number of carboxylic acids is 1. The van der Waals surface area contributed by atoms with Crippen LogP contribution >= 0.6 is 0 Å². The van der Waals surface area contributed by atoms with Gasteiger partial charge in [0.25, 0.3) is 0 Å². The van der Waals surface area contributed by atoms with Crippen molar-refractivity contribution in [1.29, 1.82) is 0 Å². The number of rotatable bonds is 0. The molecule has 0 aliphatic heterocycles. The van der Waals surface area contributed by atoms with Gasteiger partial charge in [0.1, 0.15) is 0 Å². The second-order valence-electron chi connectivity index (χ2n) is 2.16. The summed E-state index contributed by atoms with van der Waals surface area (Å²) in [5.41, 5.74) is 1.22. The molecule has 0 amide bonds. The van der Waals surface area contributed by atoms with Crippen LogP contribution in [0.4, 0.5) is 13.2 Å². The molecule has 74 valence electrons. The van der Waals surface area contributed by atoms with E-state index < -0.39 is 12.1 Å². The van der Waals surface area contributed by atoms with Crippen molar-refractivity contribution in [2.75, 3.05) is 0 Å². The summed E-state index contributed by atoms with van der Waals surface area (Å²) < 4.78 is 31.7. The fourth-order valence-electron chi connectivity index (χ4n) is 0.420. The molecule has 1 aromatic heterocycles. The smallest absolute Gasteiger partial charge is 0.475 e. The number of nitrogens with one attached hydrogen (secondary N) is 1. The van der Waals surface area contributed by atoms with Gasteiger partial charge in [-0.05, 0) is 19.1 Å². The van der Waals surface area contributed by atoms with Gasteiger partial charge in [-0.2, -0.15) is 13.2 Å². The zero-order chi connectivity index (χ0) is 10.5. The molecule has 0 radical (unpaired) electrons. The summed E-state index contributed by atoms with van der Waals surface area (Å²) in [4.78, 5) is 11.9. The van der Waals surface area contributed by atoms with Crippen molar-refractivity contribution >= 4 is 5.97 Å². The molecular formula is C7H8F3NO2. The SMILES string of the molecule is Cc1ccc[nH]1.O=C(O)C(F)(F)F. The van der Waals surface area contributed by atoms with Crippen molar-refractivity contribution in [2.24, 2.45) is 0 Å². The maximum atomic E-state index is 10.6. The van der Waals surface area contributed by atoms with Crippen molar-refractivity contribution in [3.05, 3.63) is 24.0 Å². The Bertz CT molecular complexity index is 253. The molecular weight excluding hydrogens is 187 g/mol. The third-order valence-electron chi connectivity index (χ3n) is 0.996. The lowest BCUT2D eigenvalue weighted by molar-refractivity contribution is -0.192. The van der Waals surface area contributed by atoms with Crippen LogP contribution in [0, 0.1) is 6.92 Å². The zero-order valence-corrected chi connectivity index (χ0v) is 6.72. The number of aromatic nitrogens is 1. The van der Waals surface area contributed by atoms with Gasteiger partial charge < -0.3 is 10.1 Å². The van der Waals surface area contributed by atoms with E-state index in [2.05, 4.69) is 4.98 Å². The van der Waals surface area contributed by atoms with Gasteiger partial charge >= 0.3 is 12.1 Å². The Morgan fingerprint density at radius 2 is 2.00 bits per heavy atom. The zero-order valence-electron chi connectivity index (χ0n) is 6.72. The van der Waals surface area contributed by atoms with Crippen LogP contribution in [0.15, 0.2) is 18.3 Å². The number of aliphatic carboxylic acids is 1. The van der Waals surface area contributed by atoms with E-state index in [-0.39, 0.29) is 0 Å². The molecule has 0 aliphatic rings. The number of H-pyrrole nitrogens is 1. The first-order valence-corrected chi connectivity index (χ1v) is 3.24. The summed E-state index contributed by atoms with van der Waals surface area (Å²) >= 11 is 0. The highest BCUT2D eigenvalue weighted by Crippen LogP contribution is 2.13. The Hall–Kier alpha value is -1.46. The summed E-state index contributed by atoms with van der Waals surface area (Å²) in [5.74, 6) is -2.76. The Morgan fingerprint density at radius 3 is 2.08 bits per heavy atom. The monoisotopic (exact) mass is 195 g/mol. The molecule has 0 saturated heterocycles. The van der Waals surface area contributed by atoms with E-state index in [0.29, 0.717) is 0 Å². The summed E-state index contributed by atoms with van der Waals surface area (Å²) in [7, 11) is 0. The molecule has 3 nitrogen and oxygen atoms in total. The molecule has 0 saturated carbocycles. The van der Waals surface area contributed by atoms with Gasteiger partial charge in [0.15, 0.2) is 0 Å². The predicted octanol–water partition coefficient (Wildman–Crippen LogP) is 1.96. The fraction of sp³-hybridized carbons (Fsp3) is 0.286. The number of carboxylic acid groups (broad SMARTS) is 1. The lowest BCUT2D eigenvalue weighted by Gasteiger charge is -1.93. The van der Waals surface area contributed by atoms with Gasteiger partial charge in [0, 0.05) is 11.9 Å². The lowest BCUT2D eigenvalue weighted by Crippen LogP contribution is -2.21. The average Bonchev–Trinajstić information content (AvgIpc) is 2.38. The second-order valence-corrected chi connectivity index (χ2v) is 2.16. The number of aryl methyl sites for hydroxylation is 1. The van der Waals surface area contributed by atoms with Crippen molar-refractivity contribution in [3.63, 3.8) is 0 Å². The highest BCUT2D eigenvalue weighted by atomic mass is 19.4. The van der Waals surface area contributed by atoms with Crippen LogP contribution in [0.25, 0.3) is 0 Å². The van der Waals surface area contributed by atoms with Crippen molar-refractivity contribution in [1.82, 2.24) is 4.98 Å². The van der Waals surface area contributed by atoms with Gasteiger partial charge in [0.05, 0.1) is 0 Å². The van der Waals surface area contributed by atoms with Gasteiger partial charge in [-0.25, -0.2) is 4.79 Å². The molecule has 0 spiro atoms. The van der Waals surface area contributed by atoms with Crippen LogP contribution in [0.5, 0.6) is 0 Å². The maximum Gasteiger partial charge on any atom is 0.490 e. The number of hydrogen-bond acceptors (Lipinski definition) is 1. The summed E-state index contributed by atoms with van der Waals surface area (Å²) in [6, 6.07) is 4.01. The molecule has 0 aliphatic carbocycles. The van der Waals surface area contributed by atoms with E-state index in [9.17, 15) is 13.2 Å². The summed E-state index contributed by atoms with van der Waals surface area (Å²) in [6.07, 6.45) is -3.17. The van der Waals surface area contributed by atoms with Crippen LogP contribution in [0.3, 0.4) is 0 Å². The molecule has 0 bridgehead atoms. The van der Waals surface area contributed by atoms with E-state index in [1.54, 1.807) is 0 Å². The first-order chi connectivity index (χ1) is 5.84. The molecule has 2 N–H and O–H groups in total. The first-order valence-electron chi connectivity index (χ1n) is 3.24. The van der Waals surface area contributed by atoms with E-state index in [0.717, 1.165) is 0 Å². The quantitative estimate of drug-likeness (QED) is 0.664. The Balaban J connectivity index is 0.000000223. The normalized spacial score (nSPS) is 10.2. The molecule has 0 fully saturated rings. The molecule has 1 aromatic rings. The Labute approximate surface area is 72.2 Å². The second kappa shape index (κ2) is 4.54. The number of carbonyl (C=O) groups is 1. The third kappa shape index (κ3) is 5.77. The average molecular weight is 195 g/mol. The van der Waals surface area contributed by atoms with Crippen molar-refractivity contribution in [3.8, 4) is 0 Å². The maximum absolute atomic E-state index is 10.6. The van der Waals surface area contributed by atoms with Gasteiger partial charge in [0.2, 0.25) is 0 Å². The van der Waals surface area contributed by atoms with Gasteiger partial charge in [-0.3, -0.25) is 0 Å². The van der Waals surface area contributed by atoms with Crippen molar-refractivity contribution < 1.29 is 23.1 Å². The summed E-state index contributed by atoms with van der Waals surface area (Å²) in [5, 5.41) is 7.12. The molecule has 0 atom stereocenters. The molecule has 0 unspecified atom stereocenters. The number of alkyl halides is 3. The van der Waals surface area contributed by atoms with E-state index >= 15 is 0 Å². The molecule has 1 rings (SSSR count). The largest absolute Gasteiger partial charge is 0.490 e. The Morgan fingerprint density at radius 1 is 1.54 bits per heavy atom. The van der Waals surface area contributed by atoms with E-state index in [1.807, 2.05) is 25.3 Å². The molecule has 6 heteroatoms. The standard InChI is InChI=1S/C5H7N.C2HF3O2/c1-5-3-2-4-6-5;3-2(4,5)1(6)7/h2-4,6H,1H3;(H,6,7). The van der Waals surface area contributed by atoms with Crippen LogP contribution in [0.1, 0.15) is 5.69 Å². The topological polar surface area (TPSA) is 53.1 Å². The van der Waals surface area contributed by atoms with Crippen LogP contribution in [-0.2, 0) is 4.79 Å². The highest BCUT2D eigenvalue weighted by Gasteiger charge is 2.38. The minimum atomic E-state index is -5.08. The lowest BCUT2D eigenvalue weighted by atomic mass is 10.5. The van der Waals surface area contributed by atoms with Gasteiger partial charge in [-0.1, -0.05) is 0 Å². The minimum Gasteiger partial charge on any atom is -0.475 e. The Kier molecular flexibility index (Phi) is 4.03. The van der Waals surface area contributed by atoms with Crippen LogP contribution < -0.4 is 0 Å². The first kappa shape index (κ1) is 11.5. The molecule has 1 heterocycles. The third-order valence-corrected chi connectivity index (χ3v) is 0.996. The predicted molar refractivity (Wildman–Crippen MR) is 39.2 cm³/mol. The fourth-order valence-corrected chi connectivity index (χ4v) is 0.420. The number of aromatic amines is 1. The highest BCUT2D eigenvalue weighted by molar-refractivity contribution is 5.73. The van der Waals surface area contributed by atoms with E-state index in [4.69, 9.17) is 9.90 Å². The summed E-state index contributed by atoms with van der Waals surface area (Å²) in [6.45, 7) is 2.03. The minimum absolute atomic E-state index is 1.22. The van der Waals surface area contributed by atoms with Crippen LogP contribution in [0.2, 0.25) is 0 Å². The van der Waals surface area contributed by atoms with E-state index in [1.165, 1.54) is 5.69 Å². The number of halogens is 3. The number of hydrogen-bond donors (Lipinski definition) is 2. The van der Waals surface area contributed by atoms with Gasteiger partial charge in [-0.15, -0.1) is 0 Å². The molecule has 13 heavy (non-hydrogen) atoms. The molecule has 0 aromatic carbocycles.